The third kappa shape index (κ3) is 56.6. The molecule has 0 saturated carbocycles. The molecule has 0 bridgehead atoms. The second-order valence-corrected chi connectivity index (χ2v) is 18.8. The van der Waals surface area contributed by atoms with Gasteiger partial charge in [0.2, 0.25) is 0 Å². The molecule has 0 aromatic carbocycles. The molecule has 0 rings (SSSR count). The molecular weight excluding hydrogens is 877 g/mol. The van der Waals surface area contributed by atoms with Crippen molar-refractivity contribution in [1.29, 1.82) is 0 Å². The van der Waals surface area contributed by atoms with Crippen molar-refractivity contribution in [1.82, 2.24) is 0 Å². The molecule has 0 aromatic heterocycles. The van der Waals surface area contributed by atoms with Crippen LogP contribution in [0.1, 0.15) is 252 Å². The van der Waals surface area contributed by atoms with Crippen molar-refractivity contribution < 1.29 is 28.6 Å². The molecule has 0 aromatic rings. The minimum absolute atomic E-state index is 0.113. The lowest BCUT2D eigenvalue weighted by Crippen LogP contribution is -2.30. The number of hydrogen-bond donors (Lipinski definition) is 0. The van der Waals surface area contributed by atoms with E-state index in [2.05, 4.69) is 142 Å². The number of unbranched alkanes of at least 4 members (excludes halogenated alkanes) is 20. The third-order valence-corrected chi connectivity index (χ3v) is 11.9. The molecular formula is C65H106O6. The van der Waals surface area contributed by atoms with Crippen molar-refractivity contribution in [3.8, 4) is 0 Å². The zero-order valence-corrected chi connectivity index (χ0v) is 45.9. The summed E-state index contributed by atoms with van der Waals surface area (Å²) >= 11 is 0. The zero-order valence-electron chi connectivity index (χ0n) is 45.9. The van der Waals surface area contributed by atoms with Crippen LogP contribution < -0.4 is 0 Å². The van der Waals surface area contributed by atoms with Crippen LogP contribution in [0.15, 0.2) is 122 Å². The van der Waals surface area contributed by atoms with Gasteiger partial charge in [-0.3, -0.25) is 14.4 Å². The Balaban J connectivity index is 4.51. The van der Waals surface area contributed by atoms with E-state index < -0.39 is 6.10 Å². The van der Waals surface area contributed by atoms with Gasteiger partial charge in [-0.05, 0) is 128 Å². The lowest BCUT2D eigenvalue weighted by Gasteiger charge is -2.18. The molecule has 6 nitrogen and oxygen atoms in total. The van der Waals surface area contributed by atoms with Crippen LogP contribution in [-0.4, -0.2) is 37.2 Å². The highest BCUT2D eigenvalue weighted by Crippen LogP contribution is 2.14. The third-order valence-electron chi connectivity index (χ3n) is 11.9. The molecule has 6 heteroatoms. The number of carbonyl (C=O) groups is 3. The molecule has 402 valence electrons. The van der Waals surface area contributed by atoms with E-state index in [0.29, 0.717) is 25.7 Å². The van der Waals surface area contributed by atoms with Crippen LogP contribution in [0.5, 0.6) is 0 Å². The highest BCUT2D eigenvalue weighted by molar-refractivity contribution is 5.71. The first-order valence-corrected chi connectivity index (χ1v) is 29.0. The summed E-state index contributed by atoms with van der Waals surface area (Å²) in [6, 6.07) is 0. The van der Waals surface area contributed by atoms with E-state index in [1.54, 1.807) is 0 Å². The van der Waals surface area contributed by atoms with Gasteiger partial charge in [-0.2, -0.15) is 0 Å². The first kappa shape index (κ1) is 66.8. The maximum Gasteiger partial charge on any atom is 0.306 e. The molecule has 0 spiro atoms. The van der Waals surface area contributed by atoms with Gasteiger partial charge in [0, 0.05) is 19.3 Å². The van der Waals surface area contributed by atoms with Crippen molar-refractivity contribution in [3.05, 3.63) is 122 Å². The van der Waals surface area contributed by atoms with Crippen LogP contribution in [-0.2, 0) is 28.6 Å². The van der Waals surface area contributed by atoms with E-state index >= 15 is 0 Å². The quantitative estimate of drug-likeness (QED) is 0.0261. The van der Waals surface area contributed by atoms with Crippen LogP contribution in [0, 0.1) is 0 Å². The van der Waals surface area contributed by atoms with E-state index in [0.717, 1.165) is 116 Å². The monoisotopic (exact) mass is 983 g/mol. The first-order chi connectivity index (χ1) is 35.0. The summed E-state index contributed by atoms with van der Waals surface area (Å²) in [5.41, 5.74) is 0. The van der Waals surface area contributed by atoms with Crippen LogP contribution in [0.3, 0.4) is 0 Å². The van der Waals surface area contributed by atoms with Gasteiger partial charge in [0.15, 0.2) is 6.10 Å². The van der Waals surface area contributed by atoms with Gasteiger partial charge in [-0.1, -0.05) is 226 Å². The summed E-state index contributed by atoms with van der Waals surface area (Å²) in [7, 11) is 0. The molecule has 0 radical (unpaired) electrons. The highest BCUT2D eigenvalue weighted by atomic mass is 16.6. The minimum Gasteiger partial charge on any atom is -0.462 e. The average molecular weight is 984 g/mol. The SMILES string of the molecule is CC/C=C\C/C=C\C/C=C\C/C=C\C/C=C\CCCCCC(=O)OC[C@@H](COC(=O)CCCC/C=C\C/C=C\C/C=C\C/C=C\CC)OC(=O)CCCCCCCCC/C=C\CCCCCCCCCC. The van der Waals surface area contributed by atoms with Crippen molar-refractivity contribution in [2.45, 2.75) is 258 Å². The van der Waals surface area contributed by atoms with Gasteiger partial charge in [-0.25, -0.2) is 0 Å². The van der Waals surface area contributed by atoms with E-state index in [-0.39, 0.29) is 31.1 Å². The Bertz CT molecular complexity index is 1500. The van der Waals surface area contributed by atoms with Crippen LogP contribution in [0.25, 0.3) is 0 Å². The van der Waals surface area contributed by atoms with Gasteiger partial charge >= 0.3 is 17.9 Å². The van der Waals surface area contributed by atoms with Gasteiger partial charge in [0.05, 0.1) is 0 Å². The van der Waals surface area contributed by atoms with Gasteiger partial charge in [0.1, 0.15) is 13.2 Å². The van der Waals surface area contributed by atoms with E-state index in [1.807, 2.05) is 0 Å². The average Bonchev–Trinajstić information content (AvgIpc) is 3.37. The molecule has 0 unspecified atom stereocenters. The predicted octanol–water partition coefficient (Wildman–Crippen LogP) is 19.6. The fourth-order valence-corrected chi connectivity index (χ4v) is 7.63. The normalized spacial score (nSPS) is 13.0. The molecule has 0 fully saturated rings. The summed E-state index contributed by atoms with van der Waals surface area (Å²) in [5.74, 6) is -0.989. The fraction of sp³-hybridized carbons (Fsp3) is 0.646. The van der Waals surface area contributed by atoms with E-state index in [1.165, 1.54) is 89.9 Å². The standard InChI is InChI=1S/C65H106O6/c1-4-7-10-13-16-19-22-25-28-30-32-34-37-40-43-46-49-52-55-58-64(67)70-61-62(60-69-63(66)57-54-51-48-45-42-39-36-27-24-21-18-15-12-9-6-3)71-65(68)59-56-53-50-47-44-41-38-35-33-31-29-26-23-20-17-14-11-8-5-2/h7,9-10,12,16,18-19,21,25,27-28,31-34,36,40,42-43,45,62H,4-6,8,11,13-15,17,20,22-24,26,29-30,35,37-39,41,44,46-61H2,1-3H3/b10-7-,12-9-,19-16-,21-18-,28-25-,33-31-,34-32-,36-27-,43-40-,45-42-/t62-/m1/s1. The molecule has 71 heavy (non-hydrogen) atoms. The summed E-state index contributed by atoms with van der Waals surface area (Å²) in [4.78, 5) is 38.2. The van der Waals surface area contributed by atoms with E-state index in [9.17, 15) is 14.4 Å². The maximum absolute atomic E-state index is 12.9. The van der Waals surface area contributed by atoms with Gasteiger partial charge in [0.25, 0.3) is 0 Å². The Morgan fingerprint density at radius 2 is 0.549 bits per heavy atom. The fourth-order valence-electron chi connectivity index (χ4n) is 7.63. The zero-order chi connectivity index (χ0) is 51.4. The van der Waals surface area contributed by atoms with E-state index in [4.69, 9.17) is 14.2 Å². The van der Waals surface area contributed by atoms with Crippen molar-refractivity contribution in [3.63, 3.8) is 0 Å². The summed E-state index contributed by atoms with van der Waals surface area (Å²) in [6.07, 6.45) is 80.5. The smallest absolute Gasteiger partial charge is 0.306 e. The van der Waals surface area contributed by atoms with Crippen molar-refractivity contribution in [2.75, 3.05) is 13.2 Å². The Labute approximate surface area is 437 Å². The van der Waals surface area contributed by atoms with Crippen LogP contribution in [0.4, 0.5) is 0 Å². The molecule has 0 N–H and O–H groups in total. The van der Waals surface area contributed by atoms with Crippen LogP contribution >= 0.6 is 0 Å². The van der Waals surface area contributed by atoms with Crippen LogP contribution in [0.2, 0.25) is 0 Å². The van der Waals surface area contributed by atoms with Gasteiger partial charge in [-0.15, -0.1) is 0 Å². The molecule has 1 atom stereocenters. The Morgan fingerprint density at radius 1 is 0.296 bits per heavy atom. The number of hydrogen-bond acceptors (Lipinski definition) is 6. The number of ether oxygens (including phenoxy) is 3. The number of allylic oxidation sites excluding steroid dienone is 20. The molecule has 0 aliphatic carbocycles. The molecule has 0 heterocycles. The molecule has 0 aliphatic rings. The largest absolute Gasteiger partial charge is 0.462 e. The second-order valence-electron chi connectivity index (χ2n) is 18.8. The minimum atomic E-state index is -0.815. The number of rotatable bonds is 51. The Kier molecular flexibility index (Phi) is 54.9. The Hall–Kier alpha value is -4.19. The number of carbonyl (C=O) groups excluding carboxylic acids is 3. The summed E-state index contributed by atoms with van der Waals surface area (Å²) in [5, 5.41) is 0. The molecule has 0 amide bonds. The Morgan fingerprint density at radius 3 is 0.915 bits per heavy atom. The predicted molar refractivity (Wildman–Crippen MR) is 306 cm³/mol. The molecule has 0 aliphatic heterocycles. The van der Waals surface area contributed by atoms with Crippen molar-refractivity contribution in [2.24, 2.45) is 0 Å². The summed E-state index contributed by atoms with van der Waals surface area (Å²) in [6.45, 7) is 6.34. The second kappa shape index (κ2) is 58.4. The first-order valence-electron chi connectivity index (χ1n) is 29.0. The summed E-state index contributed by atoms with van der Waals surface area (Å²) < 4.78 is 16.8. The highest BCUT2D eigenvalue weighted by Gasteiger charge is 2.19. The maximum atomic E-state index is 12.9. The number of esters is 3. The lowest BCUT2D eigenvalue weighted by atomic mass is 10.1. The van der Waals surface area contributed by atoms with Gasteiger partial charge < -0.3 is 14.2 Å². The lowest BCUT2D eigenvalue weighted by molar-refractivity contribution is -0.167. The topological polar surface area (TPSA) is 78.9 Å². The van der Waals surface area contributed by atoms with Crippen molar-refractivity contribution >= 4 is 17.9 Å². The molecule has 0 saturated heterocycles.